The van der Waals surface area contributed by atoms with Crippen LogP contribution in [0, 0.1) is 0 Å². The highest BCUT2D eigenvalue weighted by Gasteiger charge is 2.16. The fraction of sp³-hybridized carbons (Fsp3) is 0.538. The van der Waals surface area contributed by atoms with Gasteiger partial charge in [0.15, 0.2) is 11.5 Å². The Morgan fingerprint density at radius 1 is 1.00 bits per heavy atom. The third-order valence-electron chi connectivity index (χ3n) is 2.74. The van der Waals surface area contributed by atoms with Gasteiger partial charge in [0.05, 0.1) is 21.3 Å². The molecule has 0 aliphatic carbocycles. The molecule has 1 rings (SSSR count). The van der Waals surface area contributed by atoms with Crippen molar-refractivity contribution in [2.75, 3.05) is 21.3 Å². The second kappa shape index (κ2) is 6.35. The van der Waals surface area contributed by atoms with E-state index >= 15 is 0 Å². The number of ether oxygens (including phenoxy) is 3. The first kappa shape index (κ1) is 13.6. The van der Waals surface area contributed by atoms with E-state index in [2.05, 4.69) is 6.92 Å². The maximum absolute atomic E-state index is 6.12. The molecule has 0 fully saturated rings. The van der Waals surface area contributed by atoms with E-state index in [1.807, 2.05) is 12.1 Å². The van der Waals surface area contributed by atoms with Crippen molar-refractivity contribution in [1.82, 2.24) is 0 Å². The summed E-state index contributed by atoms with van der Waals surface area (Å²) < 4.78 is 15.8. The Morgan fingerprint density at radius 2 is 1.53 bits per heavy atom. The molecular weight excluding hydrogens is 218 g/mol. The maximum Gasteiger partial charge on any atom is 0.164 e. The summed E-state index contributed by atoms with van der Waals surface area (Å²) in [7, 11) is 4.84. The van der Waals surface area contributed by atoms with Crippen LogP contribution in [-0.4, -0.2) is 21.3 Å². The Kier molecular flexibility index (Phi) is 5.10. The Morgan fingerprint density at radius 3 is 2.00 bits per heavy atom. The van der Waals surface area contributed by atoms with Gasteiger partial charge in [0.2, 0.25) is 0 Å². The largest absolute Gasteiger partial charge is 0.496 e. The minimum atomic E-state index is -0.0465. The standard InChI is InChI=1S/C13H21NO3/c1-5-6-10(14)9-7-12(16-3)13(17-4)8-11(9)15-2/h7-8,10H,5-6,14H2,1-4H3/t10-/m0/s1. The van der Waals surface area contributed by atoms with Gasteiger partial charge >= 0.3 is 0 Å². The Hall–Kier alpha value is -1.42. The van der Waals surface area contributed by atoms with E-state index in [0.717, 1.165) is 24.2 Å². The molecule has 0 spiro atoms. The fourth-order valence-corrected chi connectivity index (χ4v) is 1.81. The number of hydrogen-bond acceptors (Lipinski definition) is 4. The molecule has 1 aromatic carbocycles. The molecule has 0 aliphatic rings. The van der Waals surface area contributed by atoms with Gasteiger partial charge in [0, 0.05) is 17.7 Å². The molecule has 0 amide bonds. The molecule has 0 saturated heterocycles. The molecule has 96 valence electrons. The van der Waals surface area contributed by atoms with E-state index in [1.54, 1.807) is 21.3 Å². The summed E-state index contributed by atoms with van der Waals surface area (Å²) in [6, 6.07) is 3.65. The van der Waals surface area contributed by atoms with Crippen LogP contribution in [0.15, 0.2) is 12.1 Å². The van der Waals surface area contributed by atoms with Gasteiger partial charge in [-0.05, 0) is 12.5 Å². The summed E-state index contributed by atoms with van der Waals surface area (Å²) in [5, 5.41) is 0. The van der Waals surface area contributed by atoms with Crippen LogP contribution in [0.25, 0.3) is 0 Å². The number of hydrogen-bond donors (Lipinski definition) is 1. The molecule has 17 heavy (non-hydrogen) atoms. The summed E-state index contributed by atoms with van der Waals surface area (Å²) in [4.78, 5) is 0. The molecule has 1 atom stereocenters. The molecule has 0 bridgehead atoms. The number of rotatable bonds is 6. The van der Waals surface area contributed by atoms with Gasteiger partial charge in [-0.1, -0.05) is 13.3 Å². The highest BCUT2D eigenvalue weighted by atomic mass is 16.5. The first-order chi connectivity index (χ1) is 8.17. The topological polar surface area (TPSA) is 53.7 Å². The normalized spacial score (nSPS) is 12.1. The zero-order valence-corrected chi connectivity index (χ0v) is 10.9. The zero-order chi connectivity index (χ0) is 12.8. The molecule has 0 saturated carbocycles. The minimum absolute atomic E-state index is 0.0465. The van der Waals surface area contributed by atoms with E-state index < -0.39 is 0 Å². The van der Waals surface area contributed by atoms with E-state index in [9.17, 15) is 0 Å². The van der Waals surface area contributed by atoms with Crippen LogP contribution in [-0.2, 0) is 0 Å². The Balaban J connectivity index is 3.18. The van der Waals surface area contributed by atoms with Gasteiger partial charge in [-0.15, -0.1) is 0 Å². The second-order valence-electron chi connectivity index (χ2n) is 3.84. The lowest BCUT2D eigenvalue weighted by Crippen LogP contribution is -2.11. The molecule has 0 heterocycles. The quantitative estimate of drug-likeness (QED) is 0.828. The summed E-state index contributed by atoms with van der Waals surface area (Å²) in [6.45, 7) is 2.10. The highest BCUT2D eigenvalue weighted by molar-refractivity contribution is 5.51. The van der Waals surface area contributed by atoms with Gasteiger partial charge in [0.25, 0.3) is 0 Å². The molecule has 4 nitrogen and oxygen atoms in total. The SMILES string of the molecule is CCC[C@H](N)c1cc(OC)c(OC)cc1OC. The lowest BCUT2D eigenvalue weighted by atomic mass is 10.0. The summed E-state index contributed by atoms with van der Waals surface area (Å²) >= 11 is 0. The smallest absolute Gasteiger partial charge is 0.164 e. The predicted octanol–water partition coefficient (Wildman–Crippen LogP) is 2.51. The Bertz CT molecular complexity index is 366. The molecule has 2 N–H and O–H groups in total. The first-order valence-electron chi connectivity index (χ1n) is 5.73. The number of nitrogens with two attached hydrogens (primary N) is 1. The van der Waals surface area contributed by atoms with Crippen molar-refractivity contribution in [1.29, 1.82) is 0 Å². The van der Waals surface area contributed by atoms with Crippen LogP contribution in [0.4, 0.5) is 0 Å². The lowest BCUT2D eigenvalue weighted by Gasteiger charge is -2.18. The first-order valence-corrected chi connectivity index (χ1v) is 5.73. The van der Waals surface area contributed by atoms with Gasteiger partial charge in [0.1, 0.15) is 5.75 Å². The van der Waals surface area contributed by atoms with Crippen molar-refractivity contribution < 1.29 is 14.2 Å². The number of benzene rings is 1. The maximum atomic E-state index is 6.12. The van der Waals surface area contributed by atoms with Crippen molar-refractivity contribution >= 4 is 0 Å². The van der Waals surface area contributed by atoms with Crippen LogP contribution in [0.1, 0.15) is 31.4 Å². The fourth-order valence-electron chi connectivity index (χ4n) is 1.81. The van der Waals surface area contributed by atoms with E-state index in [-0.39, 0.29) is 6.04 Å². The van der Waals surface area contributed by atoms with Gasteiger partial charge in [-0.25, -0.2) is 0 Å². The van der Waals surface area contributed by atoms with Crippen molar-refractivity contribution in [3.8, 4) is 17.2 Å². The van der Waals surface area contributed by atoms with E-state index in [4.69, 9.17) is 19.9 Å². The van der Waals surface area contributed by atoms with Crippen LogP contribution in [0.3, 0.4) is 0 Å². The van der Waals surface area contributed by atoms with Crippen molar-refractivity contribution in [3.05, 3.63) is 17.7 Å². The van der Waals surface area contributed by atoms with Gasteiger partial charge in [-0.3, -0.25) is 0 Å². The molecule has 0 aliphatic heterocycles. The Labute approximate surface area is 103 Å². The molecule has 1 aromatic rings. The molecule has 0 unspecified atom stereocenters. The monoisotopic (exact) mass is 239 g/mol. The third kappa shape index (κ3) is 3.03. The predicted molar refractivity (Wildman–Crippen MR) is 67.9 cm³/mol. The van der Waals surface area contributed by atoms with E-state index in [0.29, 0.717) is 11.5 Å². The van der Waals surface area contributed by atoms with Crippen molar-refractivity contribution in [2.24, 2.45) is 5.73 Å². The van der Waals surface area contributed by atoms with Gasteiger partial charge < -0.3 is 19.9 Å². The lowest BCUT2D eigenvalue weighted by molar-refractivity contribution is 0.346. The van der Waals surface area contributed by atoms with Crippen LogP contribution in [0.2, 0.25) is 0 Å². The average Bonchev–Trinajstić information content (AvgIpc) is 2.37. The summed E-state index contributed by atoms with van der Waals surface area (Å²) in [5.41, 5.74) is 7.07. The number of methoxy groups -OCH3 is 3. The van der Waals surface area contributed by atoms with Crippen LogP contribution in [0.5, 0.6) is 17.2 Å². The van der Waals surface area contributed by atoms with Crippen LogP contribution >= 0.6 is 0 Å². The van der Waals surface area contributed by atoms with Gasteiger partial charge in [-0.2, -0.15) is 0 Å². The average molecular weight is 239 g/mol. The van der Waals surface area contributed by atoms with Crippen molar-refractivity contribution in [2.45, 2.75) is 25.8 Å². The highest BCUT2D eigenvalue weighted by Crippen LogP contribution is 2.37. The molecular formula is C13H21NO3. The molecule has 0 aromatic heterocycles. The zero-order valence-electron chi connectivity index (χ0n) is 10.9. The second-order valence-corrected chi connectivity index (χ2v) is 3.84. The molecule has 4 heteroatoms. The third-order valence-corrected chi connectivity index (χ3v) is 2.74. The summed E-state index contributed by atoms with van der Waals surface area (Å²) in [5.74, 6) is 2.07. The van der Waals surface area contributed by atoms with E-state index in [1.165, 1.54) is 0 Å². The minimum Gasteiger partial charge on any atom is -0.496 e. The van der Waals surface area contributed by atoms with Crippen LogP contribution < -0.4 is 19.9 Å². The van der Waals surface area contributed by atoms with Crippen molar-refractivity contribution in [3.63, 3.8) is 0 Å². The summed E-state index contributed by atoms with van der Waals surface area (Å²) in [6.07, 6.45) is 1.94. The molecule has 0 radical (unpaired) electrons.